The van der Waals surface area contributed by atoms with E-state index in [-0.39, 0.29) is 24.0 Å². The first-order valence-corrected chi connectivity index (χ1v) is 9.68. The normalized spacial score (nSPS) is 13.1. The Bertz CT molecular complexity index is 973. The number of rotatable bonds is 5. The quantitative estimate of drug-likeness (QED) is 0.315. The lowest BCUT2D eigenvalue weighted by molar-refractivity contribution is 0.392. The summed E-state index contributed by atoms with van der Waals surface area (Å²) >= 11 is 0. The van der Waals surface area contributed by atoms with Crippen LogP contribution in [0.5, 0.6) is 0 Å². The molecule has 4 rings (SSSR count). The second-order valence-electron chi connectivity index (χ2n) is 7.05. The molecule has 2 N–H and O–H groups in total. The van der Waals surface area contributed by atoms with Gasteiger partial charge in [0.15, 0.2) is 5.96 Å². The third-order valence-electron chi connectivity index (χ3n) is 5.27. The number of guanidine groups is 1. The summed E-state index contributed by atoms with van der Waals surface area (Å²) in [5.41, 5.74) is 6.89. The minimum Gasteiger partial charge on any atom is -0.361 e. The number of nitrogens with zero attached hydrogens (tertiary/aromatic N) is 4. The molecule has 0 radical (unpaired) electrons. The molecule has 0 saturated heterocycles. The summed E-state index contributed by atoms with van der Waals surface area (Å²) in [6, 6.07) is 10.3. The zero-order valence-electron chi connectivity index (χ0n) is 17.0. The van der Waals surface area contributed by atoms with Crippen molar-refractivity contribution >= 4 is 29.9 Å². The third-order valence-corrected chi connectivity index (χ3v) is 5.27. The number of aryl methyl sites for hydroxylation is 2. The number of aromatic nitrogens is 3. The molecule has 0 atom stereocenters. The molecular weight excluding hydrogens is 479 g/mol. The summed E-state index contributed by atoms with van der Waals surface area (Å²) in [7, 11) is 1.77. The van der Waals surface area contributed by atoms with Crippen LogP contribution in [0.1, 0.15) is 40.4 Å². The maximum Gasteiger partial charge on any atom is 0.191 e. The summed E-state index contributed by atoms with van der Waals surface area (Å²) in [5, 5.41) is 15.6. The molecule has 7 nitrogen and oxygen atoms in total. The number of para-hydroxylation sites is 1. The van der Waals surface area contributed by atoms with E-state index in [1.165, 1.54) is 17.7 Å². The van der Waals surface area contributed by atoms with E-state index in [0.29, 0.717) is 13.1 Å². The van der Waals surface area contributed by atoms with Gasteiger partial charge in [-0.05, 0) is 50.8 Å². The van der Waals surface area contributed by atoms with Gasteiger partial charge >= 0.3 is 0 Å². The Morgan fingerprint density at radius 1 is 1.14 bits per heavy atom. The van der Waals surface area contributed by atoms with Crippen molar-refractivity contribution in [2.45, 2.75) is 46.2 Å². The van der Waals surface area contributed by atoms with Gasteiger partial charge in [-0.25, -0.2) is 4.68 Å². The lowest BCUT2D eigenvalue weighted by Crippen LogP contribution is -2.36. The van der Waals surface area contributed by atoms with Gasteiger partial charge in [0.2, 0.25) is 0 Å². The van der Waals surface area contributed by atoms with Gasteiger partial charge in [0.25, 0.3) is 0 Å². The molecule has 29 heavy (non-hydrogen) atoms. The molecule has 1 aliphatic rings. The molecule has 0 fully saturated rings. The molecule has 0 bridgehead atoms. The van der Waals surface area contributed by atoms with Crippen molar-refractivity contribution in [1.29, 1.82) is 0 Å². The summed E-state index contributed by atoms with van der Waals surface area (Å²) in [6.45, 7) is 5.14. The molecule has 0 amide bonds. The van der Waals surface area contributed by atoms with Gasteiger partial charge in [-0.1, -0.05) is 23.4 Å². The van der Waals surface area contributed by atoms with Gasteiger partial charge in [0, 0.05) is 24.8 Å². The highest BCUT2D eigenvalue weighted by Gasteiger charge is 2.23. The average molecular weight is 506 g/mol. The van der Waals surface area contributed by atoms with Crippen molar-refractivity contribution in [2.75, 3.05) is 7.05 Å². The minimum atomic E-state index is 0. The SMILES string of the molecule is CN=C(NCc1nn(-c2ccccc2)c2c1CCC2)NCc1c(C)noc1C.I. The molecule has 1 aliphatic carbocycles. The molecule has 0 spiro atoms. The van der Waals surface area contributed by atoms with E-state index in [9.17, 15) is 0 Å². The molecule has 2 aromatic heterocycles. The maximum atomic E-state index is 5.22. The number of fused-ring (bicyclic) bond motifs is 1. The summed E-state index contributed by atoms with van der Waals surface area (Å²) in [4.78, 5) is 4.33. The summed E-state index contributed by atoms with van der Waals surface area (Å²) in [6.07, 6.45) is 3.35. The van der Waals surface area contributed by atoms with Crippen molar-refractivity contribution in [3.8, 4) is 5.69 Å². The first-order chi connectivity index (χ1) is 13.7. The molecule has 0 saturated carbocycles. The number of benzene rings is 1. The molecule has 2 heterocycles. The highest BCUT2D eigenvalue weighted by molar-refractivity contribution is 14.0. The summed E-state index contributed by atoms with van der Waals surface area (Å²) < 4.78 is 7.32. The second-order valence-corrected chi connectivity index (χ2v) is 7.05. The standard InChI is InChI=1S/C21H26N6O.HI/c1-14-18(15(2)28-26-14)12-23-21(22-3)24-13-19-17-10-7-11-20(17)27(25-19)16-8-5-4-6-9-16;/h4-6,8-9H,7,10-13H2,1-3H3,(H2,22,23,24);1H. The van der Waals surface area contributed by atoms with Crippen LogP contribution in [-0.2, 0) is 25.9 Å². The topological polar surface area (TPSA) is 80.3 Å². The largest absolute Gasteiger partial charge is 0.361 e. The Hall–Kier alpha value is -2.36. The van der Waals surface area contributed by atoms with E-state index in [1.54, 1.807) is 7.05 Å². The van der Waals surface area contributed by atoms with Crippen LogP contribution in [0.4, 0.5) is 0 Å². The van der Waals surface area contributed by atoms with Gasteiger partial charge in [-0.15, -0.1) is 24.0 Å². The Kier molecular flexibility index (Phi) is 6.94. The highest BCUT2D eigenvalue weighted by atomic mass is 127. The first kappa shape index (κ1) is 21.4. The molecular formula is C21H27IN6O. The predicted molar refractivity (Wildman–Crippen MR) is 124 cm³/mol. The van der Waals surface area contributed by atoms with Crippen molar-refractivity contribution in [1.82, 2.24) is 25.6 Å². The second kappa shape index (κ2) is 9.43. The van der Waals surface area contributed by atoms with Crippen molar-refractivity contribution in [2.24, 2.45) is 4.99 Å². The van der Waals surface area contributed by atoms with Crippen LogP contribution in [0.25, 0.3) is 5.69 Å². The van der Waals surface area contributed by atoms with E-state index in [2.05, 4.69) is 49.7 Å². The molecule has 3 aromatic rings. The van der Waals surface area contributed by atoms with Crippen LogP contribution < -0.4 is 10.6 Å². The van der Waals surface area contributed by atoms with Gasteiger partial charge in [-0.2, -0.15) is 5.10 Å². The van der Waals surface area contributed by atoms with Crippen LogP contribution in [-0.4, -0.2) is 27.9 Å². The van der Waals surface area contributed by atoms with E-state index in [0.717, 1.165) is 47.2 Å². The molecule has 0 unspecified atom stereocenters. The smallest absolute Gasteiger partial charge is 0.191 e. The van der Waals surface area contributed by atoms with Gasteiger partial charge in [0.05, 0.1) is 23.6 Å². The van der Waals surface area contributed by atoms with E-state index < -0.39 is 0 Å². The number of aliphatic imine (C=N–C) groups is 1. The van der Waals surface area contributed by atoms with Crippen molar-refractivity contribution in [3.05, 3.63) is 64.3 Å². The van der Waals surface area contributed by atoms with Gasteiger partial charge < -0.3 is 15.2 Å². The van der Waals surface area contributed by atoms with E-state index >= 15 is 0 Å². The minimum absolute atomic E-state index is 0. The Morgan fingerprint density at radius 2 is 1.90 bits per heavy atom. The third kappa shape index (κ3) is 4.47. The van der Waals surface area contributed by atoms with Crippen LogP contribution in [0.3, 0.4) is 0 Å². The number of halogens is 1. The zero-order chi connectivity index (χ0) is 19.5. The summed E-state index contributed by atoms with van der Waals surface area (Å²) in [5.74, 6) is 1.57. The predicted octanol–water partition coefficient (Wildman–Crippen LogP) is 3.45. The Balaban J connectivity index is 0.00000240. The van der Waals surface area contributed by atoms with Gasteiger partial charge in [-0.3, -0.25) is 4.99 Å². The van der Waals surface area contributed by atoms with E-state index in [1.807, 2.05) is 19.9 Å². The molecule has 1 aromatic carbocycles. The lowest BCUT2D eigenvalue weighted by atomic mass is 10.2. The first-order valence-electron chi connectivity index (χ1n) is 9.68. The molecule has 8 heteroatoms. The van der Waals surface area contributed by atoms with Gasteiger partial charge in [0.1, 0.15) is 5.76 Å². The van der Waals surface area contributed by atoms with Crippen LogP contribution in [0.2, 0.25) is 0 Å². The lowest BCUT2D eigenvalue weighted by Gasteiger charge is -2.11. The Labute approximate surface area is 188 Å². The van der Waals surface area contributed by atoms with E-state index in [4.69, 9.17) is 9.62 Å². The van der Waals surface area contributed by atoms with Crippen LogP contribution >= 0.6 is 24.0 Å². The molecule has 154 valence electrons. The highest BCUT2D eigenvalue weighted by Crippen LogP contribution is 2.27. The fraction of sp³-hybridized carbons (Fsp3) is 0.381. The van der Waals surface area contributed by atoms with Crippen molar-refractivity contribution in [3.63, 3.8) is 0 Å². The monoisotopic (exact) mass is 506 g/mol. The number of hydrogen-bond donors (Lipinski definition) is 2. The fourth-order valence-electron chi connectivity index (χ4n) is 3.75. The number of hydrogen-bond acceptors (Lipinski definition) is 4. The molecule has 0 aliphatic heterocycles. The maximum absolute atomic E-state index is 5.22. The van der Waals surface area contributed by atoms with Crippen LogP contribution in [0, 0.1) is 13.8 Å². The average Bonchev–Trinajstić information content (AvgIpc) is 3.40. The van der Waals surface area contributed by atoms with Crippen LogP contribution in [0.15, 0.2) is 39.8 Å². The number of nitrogens with one attached hydrogen (secondary N) is 2. The fourth-order valence-corrected chi connectivity index (χ4v) is 3.75. The zero-order valence-corrected chi connectivity index (χ0v) is 19.4. The van der Waals surface area contributed by atoms with Crippen molar-refractivity contribution < 1.29 is 4.52 Å². The Morgan fingerprint density at radius 3 is 2.59 bits per heavy atom.